The Kier molecular flexibility index (Phi) is 5.50. The predicted molar refractivity (Wildman–Crippen MR) is 72.8 cm³/mol. The second-order valence-corrected chi connectivity index (χ2v) is 7.55. The first-order valence-electron chi connectivity index (χ1n) is 6.52. The molecule has 1 fully saturated rings. The van der Waals surface area contributed by atoms with Gasteiger partial charge in [-0.15, -0.1) is 0 Å². The minimum Gasteiger partial charge on any atom is -0.481 e. The smallest absolute Gasteiger partial charge is 0.307 e. The van der Waals surface area contributed by atoms with Gasteiger partial charge in [0.15, 0.2) is 0 Å². The number of piperidine rings is 1. The van der Waals surface area contributed by atoms with Gasteiger partial charge in [0.1, 0.15) is 0 Å². The first-order chi connectivity index (χ1) is 9.18. The van der Waals surface area contributed by atoms with Gasteiger partial charge in [-0.25, -0.2) is 0 Å². The van der Waals surface area contributed by atoms with Crippen LogP contribution in [0.15, 0.2) is 0 Å². The van der Waals surface area contributed by atoms with Crippen LogP contribution in [0.5, 0.6) is 0 Å². The van der Waals surface area contributed by atoms with Gasteiger partial charge in [-0.05, 0) is 19.3 Å². The summed E-state index contributed by atoms with van der Waals surface area (Å²) in [6.45, 7) is 3.90. The third kappa shape index (κ3) is 3.91. The maximum Gasteiger partial charge on any atom is 0.307 e. The molecule has 3 atom stereocenters. The number of nitriles is 1. The summed E-state index contributed by atoms with van der Waals surface area (Å²) in [5, 5.41) is 17.8. The Morgan fingerprint density at radius 2 is 2.15 bits per heavy atom. The molecule has 1 saturated heterocycles. The highest BCUT2D eigenvalue weighted by molar-refractivity contribution is 7.86. The van der Waals surface area contributed by atoms with Crippen LogP contribution in [0.4, 0.5) is 0 Å². The molecule has 0 aromatic rings. The van der Waals surface area contributed by atoms with E-state index in [1.54, 1.807) is 6.92 Å². The molecule has 0 aromatic heterocycles. The lowest BCUT2D eigenvalue weighted by atomic mass is 9.92. The zero-order chi connectivity index (χ0) is 15.5. The van der Waals surface area contributed by atoms with Crippen LogP contribution < -0.4 is 0 Å². The molecule has 0 saturated carbocycles. The van der Waals surface area contributed by atoms with Crippen LogP contribution >= 0.6 is 0 Å². The van der Waals surface area contributed by atoms with Crippen molar-refractivity contribution in [2.45, 2.75) is 20.3 Å². The molecule has 1 rings (SSSR count). The maximum atomic E-state index is 12.4. The monoisotopic (exact) mass is 303 g/mol. The Bertz CT molecular complexity index is 499. The average molecular weight is 303 g/mol. The van der Waals surface area contributed by atoms with Gasteiger partial charge in [0.2, 0.25) is 0 Å². The fourth-order valence-electron chi connectivity index (χ4n) is 2.39. The van der Waals surface area contributed by atoms with E-state index < -0.39 is 28.0 Å². The third-order valence-electron chi connectivity index (χ3n) is 3.45. The molecule has 0 amide bonds. The van der Waals surface area contributed by atoms with Crippen LogP contribution in [0.25, 0.3) is 0 Å². The quantitative estimate of drug-likeness (QED) is 0.790. The van der Waals surface area contributed by atoms with Crippen molar-refractivity contribution in [3.05, 3.63) is 0 Å². The van der Waals surface area contributed by atoms with E-state index in [4.69, 9.17) is 10.4 Å². The number of rotatable bonds is 5. The van der Waals surface area contributed by atoms with Gasteiger partial charge < -0.3 is 5.11 Å². The van der Waals surface area contributed by atoms with Crippen molar-refractivity contribution in [1.82, 2.24) is 8.61 Å². The lowest BCUT2D eigenvalue weighted by Crippen LogP contribution is -2.50. The Labute approximate surface area is 120 Å². The first kappa shape index (κ1) is 16.9. The molecule has 0 spiro atoms. The van der Waals surface area contributed by atoms with Crippen LogP contribution in [0.1, 0.15) is 20.3 Å². The molecule has 0 bridgehead atoms. The number of carboxylic acid groups (broad SMARTS) is 1. The predicted octanol–water partition coefficient (Wildman–Crippen LogP) is 0.365. The van der Waals surface area contributed by atoms with Crippen LogP contribution in [0.3, 0.4) is 0 Å². The van der Waals surface area contributed by atoms with Crippen molar-refractivity contribution in [2.24, 2.45) is 17.8 Å². The number of hydrogen-bond acceptors (Lipinski definition) is 4. The summed E-state index contributed by atoms with van der Waals surface area (Å²) in [5.41, 5.74) is 0. The van der Waals surface area contributed by atoms with Crippen molar-refractivity contribution in [3.63, 3.8) is 0 Å². The molecule has 1 aliphatic heterocycles. The first-order valence-corrected chi connectivity index (χ1v) is 7.92. The van der Waals surface area contributed by atoms with E-state index >= 15 is 0 Å². The Morgan fingerprint density at radius 1 is 1.55 bits per heavy atom. The highest BCUT2D eigenvalue weighted by atomic mass is 32.2. The highest BCUT2D eigenvalue weighted by Gasteiger charge is 2.37. The second-order valence-electron chi connectivity index (χ2n) is 5.51. The molecule has 7 nitrogen and oxygen atoms in total. The van der Waals surface area contributed by atoms with E-state index in [1.165, 1.54) is 11.4 Å². The molecule has 0 aliphatic carbocycles. The molecule has 1 aliphatic rings. The van der Waals surface area contributed by atoms with Crippen molar-refractivity contribution >= 4 is 16.2 Å². The van der Waals surface area contributed by atoms with E-state index in [9.17, 15) is 13.2 Å². The zero-order valence-electron chi connectivity index (χ0n) is 12.0. The lowest BCUT2D eigenvalue weighted by molar-refractivity contribution is -0.143. The van der Waals surface area contributed by atoms with Gasteiger partial charge in [-0.3, -0.25) is 4.79 Å². The van der Waals surface area contributed by atoms with E-state index in [0.717, 1.165) is 4.31 Å². The average Bonchev–Trinajstić information content (AvgIpc) is 2.37. The Balaban J connectivity index is 2.86. The zero-order valence-corrected chi connectivity index (χ0v) is 12.8. The Hall–Kier alpha value is -1.17. The normalized spacial score (nSPS) is 26.1. The van der Waals surface area contributed by atoms with E-state index in [1.807, 2.05) is 13.0 Å². The molecule has 1 heterocycles. The van der Waals surface area contributed by atoms with E-state index in [0.29, 0.717) is 13.0 Å². The largest absolute Gasteiger partial charge is 0.481 e. The highest BCUT2D eigenvalue weighted by Crippen LogP contribution is 2.25. The molecule has 20 heavy (non-hydrogen) atoms. The minimum absolute atomic E-state index is 0.00131. The van der Waals surface area contributed by atoms with Gasteiger partial charge in [0, 0.05) is 26.7 Å². The Morgan fingerprint density at radius 3 is 2.65 bits per heavy atom. The summed E-state index contributed by atoms with van der Waals surface area (Å²) in [6.07, 6.45) is 0.486. The van der Waals surface area contributed by atoms with E-state index in [2.05, 4.69) is 0 Å². The van der Waals surface area contributed by atoms with E-state index in [-0.39, 0.29) is 19.0 Å². The van der Waals surface area contributed by atoms with Gasteiger partial charge in [-0.1, -0.05) is 6.92 Å². The van der Waals surface area contributed by atoms with Crippen LogP contribution in [-0.2, 0) is 15.0 Å². The van der Waals surface area contributed by atoms with Crippen molar-refractivity contribution in [2.75, 3.05) is 26.7 Å². The summed E-state index contributed by atoms with van der Waals surface area (Å²) in [4.78, 5) is 11.1. The summed E-state index contributed by atoms with van der Waals surface area (Å²) in [7, 11) is -2.30. The van der Waals surface area contributed by atoms with Crippen molar-refractivity contribution in [3.8, 4) is 6.07 Å². The van der Waals surface area contributed by atoms with Gasteiger partial charge in [0.05, 0.1) is 17.9 Å². The molecule has 8 heteroatoms. The van der Waals surface area contributed by atoms with Gasteiger partial charge >= 0.3 is 5.97 Å². The van der Waals surface area contributed by atoms with Crippen LogP contribution in [0.2, 0.25) is 0 Å². The number of hydrogen-bond donors (Lipinski definition) is 1. The number of carboxylic acids is 1. The molecule has 3 unspecified atom stereocenters. The fraction of sp³-hybridized carbons (Fsp3) is 0.833. The standard InChI is InChI=1S/C12H21N3O4S/c1-9-4-11(12(16)17)8-15(7-9)20(18,19)14(3)6-10(2)5-13/h9-11H,4,6-8H2,1-3H3,(H,16,17). The van der Waals surface area contributed by atoms with Crippen molar-refractivity contribution < 1.29 is 18.3 Å². The van der Waals surface area contributed by atoms with Gasteiger partial charge in [0.25, 0.3) is 10.2 Å². The SMILES string of the molecule is CC(C#N)CN(C)S(=O)(=O)N1CC(C)CC(C(=O)O)C1. The van der Waals surface area contributed by atoms with Gasteiger partial charge in [-0.2, -0.15) is 22.3 Å². The lowest BCUT2D eigenvalue weighted by Gasteiger charge is -2.36. The molecular formula is C12H21N3O4S. The number of carbonyl (C=O) groups is 1. The molecule has 114 valence electrons. The summed E-state index contributed by atoms with van der Waals surface area (Å²) in [6, 6.07) is 1.99. The van der Waals surface area contributed by atoms with Crippen LogP contribution in [-0.4, -0.2) is 54.8 Å². The molecule has 1 N–H and O–H groups in total. The molecule has 0 radical (unpaired) electrons. The molecule has 0 aromatic carbocycles. The minimum atomic E-state index is -3.71. The van der Waals surface area contributed by atoms with Crippen molar-refractivity contribution in [1.29, 1.82) is 5.26 Å². The number of aliphatic carboxylic acids is 1. The van der Waals surface area contributed by atoms with Crippen LogP contribution in [0, 0.1) is 29.1 Å². The maximum absolute atomic E-state index is 12.4. The summed E-state index contributed by atoms with van der Waals surface area (Å²) >= 11 is 0. The number of nitrogens with zero attached hydrogens (tertiary/aromatic N) is 3. The third-order valence-corrected chi connectivity index (χ3v) is 5.33. The second kappa shape index (κ2) is 6.52. The summed E-state index contributed by atoms with van der Waals surface area (Å²) < 4.78 is 27.1. The summed E-state index contributed by atoms with van der Waals surface area (Å²) in [5.74, 6) is -2.05. The molecular weight excluding hydrogens is 282 g/mol. The topological polar surface area (TPSA) is 102 Å². The fourth-order valence-corrected chi connectivity index (χ4v) is 4.01.